The highest BCUT2D eigenvalue weighted by Crippen LogP contribution is 2.18. The van der Waals surface area contributed by atoms with E-state index in [0.717, 1.165) is 6.42 Å². The third kappa shape index (κ3) is 3.53. The first-order valence-electron chi connectivity index (χ1n) is 7.88. The summed E-state index contributed by atoms with van der Waals surface area (Å²) in [6.07, 6.45) is 2.35. The van der Waals surface area contributed by atoms with E-state index in [-0.39, 0.29) is 23.9 Å². The van der Waals surface area contributed by atoms with Crippen molar-refractivity contribution in [2.45, 2.75) is 19.9 Å². The number of hydrogen-bond donors (Lipinski definition) is 1. The van der Waals surface area contributed by atoms with Crippen molar-refractivity contribution in [1.29, 1.82) is 0 Å². The molecule has 0 atom stereocenters. The highest BCUT2D eigenvalue weighted by molar-refractivity contribution is 7.17. The number of carbonyl (C=O) groups excluding carboxylic acids is 1. The molecule has 1 N–H and O–H groups in total. The lowest BCUT2D eigenvalue weighted by molar-refractivity contribution is 0.0734. The molecule has 3 heterocycles. The molecular formula is C17H18N4O3S. The number of carbonyl (C=O) groups is 1. The first-order valence-corrected chi connectivity index (χ1v) is 8.76. The Morgan fingerprint density at radius 1 is 1.40 bits per heavy atom. The SMILES string of the molecule is CCCN(Cc1nc2ccsc2c(=O)[nH]1)C(=O)c1cccnc1OC. The zero-order chi connectivity index (χ0) is 17.8. The topological polar surface area (TPSA) is 88.2 Å². The van der Waals surface area contributed by atoms with E-state index in [1.165, 1.54) is 18.4 Å². The van der Waals surface area contributed by atoms with Gasteiger partial charge in [0, 0.05) is 12.7 Å². The highest BCUT2D eigenvalue weighted by Gasteiger charge is 2.21. The van der Waals surface area contributed by atoms with Crippen LogP contribution in [0, 0.1) is 0 Å². The number of ether oxygens (including phenoxy) is 1. The number of thiophene rings is 1. The van der Waals surface area contributed by atoms with Crippen LogP contribution in [-0.2, 0) is 6.54 Å². The Morgan fingerprint density at radius 3 is 3.00 bits per heavy atom. The molecule has 0 bridgehead atoms. The third-order valence-corrected chi connectivity index (χ3v) is 4.58. The van der Waals surface area contributed by atoms with Crippen molar-refractivity contribution in [2.24, 2.45) is 0 Å². The second-order valence-corrected chi connectivity index (χ2v) is 6.35. The minimum atomic E-state index is -0.208. The van der Waals surface area contributed by atoms with Crippen LogP contribution in [-0.4, -0.2) is 39.4 Å². The van der Waals surface area contributed by atoms with Crippen molar-refractivity contribution in [2.75, 3.05) is 13.7 Å². The number of pyridine rings is 1. The molecule has 0 fully saturated rings. The molecule has 0 spiro atoms. The Balaban J connectivity index is 1.92. The Labute approximate surface area is 148 Å². The number of fused-ring (bicyclic) bond motifs is 1. The molecule has 0 saturated heterocycles. The maximum atomic E-state index is 12.9. The molecule has 0 unspecified atom stereocenters. The van der Waals surface area contributed by atoms with Gasteiger partial charge in [-0.15, -0.1) is 11.3 Å². The van der Waals surface area contributed by atoms with Gasteiger partial charge in [0.2, 0.25) is 5.88 Å². The normalized spacial score (nSPS) is 10.8. The van der Waals surface area contributed by atoms with E-state index >= 15 is 0 Å². The zero-order valence-electron chi connectivity index (χ0n) is 14.0. The van der Waals surface area contributed by atoms with Crippen LogP contribution in [0.5, 0.6) is 5.88 Å². The Hall–Kier alpha value is -2.74. The van der Waals surface area contributed by atoms with Gasteiger partial charge in [0.25, 0.3) is 11.5 Å². The standard InChI is InChI=1S/C17H18N4O3S/c1-3-8-21(17(23)11-5-4-7-18-16(11)24-2)10-13-19-12-6-9-25-14(12)15(22)20-13/h4-7,9H,3,8,10H2,1-2H3,(H,19,20,22). The van der Waals surface area contributed by atoms with E-state index < -0.39 is 0 Å². The van der Waals surface area contributed by atoms with Crippen molar-refractivity contribution < 1.29 is 9.53 Å². The number of nitrogens with zero attached hydrogens (tertiary/aromatic N) is 3. The van der Waals surface area contributed by atoms with Crippen LogP contribution in [0.15, 0.2) is 34.6 Å². The van der Waals surface area contributed by atoms with E-state index in [4.69, 9.17) is 4.74 Å². The lowest BCUT2D eigenvalue weighted by Crippen LogP contribution is -2.33. The molecule has 3 aromatic heterocycles. The fourth-order valence-corrected chi connectivity index (χ4v) is 3.31. The summed E-state index contributed by atoms with van der Waals surface area (Å²) < 4.78 is 5.77. The first-order chi connectivity index (χ1) is 12.1. The molecule has 3 rings (SSSR count). The van der Waals surface area contributed by atoms with Gasteiger partial charge >= 0.3 is 0 Å². The van der Waals surface area contributed by atoms with Crippen molar-refractivity contribution in [3.63, 3.8) is 0 Å². The van der Waals surface area contributed by atoms with Crippen molar-refractivity contribution in [3.05, 3.63) is 51.5 Å². The number of methoxy groups -OCH3 is 1. The lowest BCUT2D eigenvalue weighted by Gasteiger charge is -2.22. The summed E-state index contributed by atoms with van der Waals surface area (Å²) in [5, 5.41) is 1.83. The molecule has 0 radical (unpaired) electrons. The molecule has 8 heteroatoms. The highest BCUT2D eigenvalue weighted by atomic mass is 32.1. The molecule has 0 saturated carbocycles. The number of H-pyrrole nitrogens is 1. The molecule has 7 nitrogen and oxygen atoms in total. The minimum Gasteiger partial charge on any atom is -0.480 e. The van der Waals surface area contributed by atoms with Gasteiger partial charge in [-0.2, -0.15) is 0 Å². The zero-order valence-corrected chi connectivity index (χ0v) is 14.8. The summed E-state index contributed by atoms with van der Waals surface area (Å²) >= 11 is 1.35. The predicted octanol–water partition coefficient (Wildman–Crippen LogP) is 2.44. The molecule has 3 aromatic rings. The van der Waals surface area contributed by atoms with Gasteiger partial charge in [-0.25, -0.2) is 9.97 Å². The summed E-state index contributed by atoms with van der Waals surface area (Å²) in [6.45, 7) is 2.73. The van der Waals surface area contributed by atoms with Crippen molar-refractivity contribution in [3.8, 4) is 5.88 Å². The number of aromatic amines is 1. The van der Waals surface area contributed by atoms with E-state index in [9.17, 15) is 9.59 Å². The molecule has 130 valence electrons. The maximum Gasteiger partial charge on any atom is 0.268 e. The quantitative estimate of drug-likeness (QED) is 0.731. The Morgan fingerprint density at radius 2 is 2.24 bits per heavy atom. The lowest BCUT2D eigenvalue weighted by atomic mass is 10.2. The van der Waals surface area contributed by atoms with Crippen LogP contribution in [0.4, 0.5) is 0 Å². The van der Waals surface area contributed by atoms with Crippen LogP contribution in [0.3, 0.4) is 0 Å². The third-order valence-electron chi connectivity index (χ3n) is 3.68. The van der Waals surface area contributed by atoms with E-state index in [2.05, 4.69) is 15.0 Å². The van der Waals surface area contributed by atoms with Gasteiger partial charge in [0.15, 0.2) is 0 Å². The van der Waals surface area contributed by atoms with Gasteiger partial charge in [-0.05, 0) is 30.0 Å². The summed E-state index contributed by atoms with van der Waals surface area (Å²) in [4.78, 5) is 38.0. The fraction of sp³-hybridized carbons (Fsp3) is 0.294. The van der Waals surface area contributed by atoms with Crippen LogP contribution < -0.4 is 10.3 Å². The van der Waals surface area contributed by atoms with E-state index in [1.807, 2.05) is 12.3 Å². The molecule has 0 aliphatic carbocycles. The van der Waals surface area contributed by atoms with Crippen LogP contribution >= 0.6 is 11.3 Å². The van der Waals surface area contributed by atoms with Crippen molar-refractivity contribution in [1.82, 2.24) is 19.9 Å². The Kier molecular flexibility index (Phi) is 5.08. The second kappa shape index (κ2) is 7.43. The molecule has 0 aromatic carbocycles. The first kappa shape index (κ1) is 17.1. The predicted molar refractivity (Wildman–Crippen MR) is 96.1 cm³/mol. The smallest absolute Gasteiger partial charge is 0.268 e. The average Bonchev–Trinajstić information content (AvgIpc) is 3.10. The van der Waals surface area contributed by atoms with Crippen LogP contribution in [0.2, 0.25) is 0 Å². The number of aromatic nitrogens is 3. The van der Waals surface area contributed by atoms with Crippen LogP contribution in [0.25, 0.3) is 10.2 Å². The maximum absolute atomic E-state index is 12.9. The fourth-order valence-electron chi connectivity index (χ4n) is 2.59. The van der Waals surface area contributed by atoms with Crippen LogP contribution in [0.1, 0.15) is 29.5 Å². The molecule has 1 amide bonds. The average molecular weight is 358 g/mol. The summed E-state index contributed by atoms with van der Waals surface area (Å²) in [5.41, 5.74) is 0.849. The summed E-state index contributed by atoms with van der Waals surface area (Å²) in [5.74, 6) is 0.531. The minimum absolute atomic E-state index is 0.183. The summed E-state index contributed by atoms with van der Waals surface area (Å²) in [7, 11) is 1.48. The number of rotatable bonds is 6. The van der Waals surface area contributed by atoms with Gasteiger partial charge in [-0.1, -0.05) is 6.92 Å². The van der Waals surface area contributed by atoms with E-state index in [0.29, 0.717) is 28.1 Å². The number of hydrogen-bond acceptors (Lipinski definition) is 6. The Bertz CT molecular complexity index is 950. The molecule has 25 heavy (non-hydrogen) atoms. The second-order valence-electron chi connectivity index (χ2n) is 5.43. The molecule has 0 aliphatic rings. The van der Waals surface area contributed by atoms with Gasteiger partial charge in [0.1, 0.15) is 16.1 Å². The number of amides is 1. The number of nitrogens with one attached hydrogen (secondary N) is 1. The van der Waals surface area contributed by atoms with Gasteiger partial charge in [0.05, 0.1) is 19.2 Å². The van der Waals surface area contributed by atoms with Gasteiger partial charge in [-0.3, -0.25) is 9.59 Å². The molecular weight excluding hydrogens is 340 g/mol. The van der Waals surface area contributed by atoms with Crippen molar-refractivity contribution >= 4 is 27.5 Å². The largest absolute Gasteiger partial charge is 0.480 e. The van der Waals surface area contributed by atoms with Gasteiger partial charge < -0.3 is 14.6 Å². The molecule has 0 aliphatic heterocycles. The van der Waals surface area contributed by atoms with E-state index in [1.54, 1.807) is 29.3 Å². The summed E-state index contributed by atoms with van der Waals surface area (Å²) in [6, 6.07) is 5.17. The monoisotopic (exact) mass is 358 g/mol.